The molecule has 232 valence electrons. The highest BCUT2D eigenvalue weighted by atomic mass is 35.5. The summed E-state index contributed by atoms with van der Waals surface area (Å²) in [4.78, 5) is 29.6. The summed E-state index contributed by atoms with van der Waals surface area (Å²) in [6.45, 7) is 5.01. The fourth-order valence-corrected chi connectivity index (χ4v) is 5.27. The molecule has 0 saturated carbocycles. The number of anilines is 1. The molecule has 0 aliphatic heterocycles. The Morgan fingerprint density at radius 2 is 1.84 bits per heavy atom. The van der Waals surface area contributed by atoms with Crippen LogP contribution >= 0.6 is 35.4 Å². The number of rotatable bonds is 12. The van der Waals surface area contributed by atoms with Crippen molar-refractivity contribution >= 4 is 57.8 Å². The molecule has 0 aliphatic carbocycles. The molecule has 0 radical (unpaired) electrons. The molecule has 0 fully saturated rings. The predicted molar refractivity (Wildman–Crippen MR) is 179 cm³/mol. The van der Waals surface area contributed by atoms with E-state index in [0.717, 1.165) is 12.0 Å². The Labute approximate surface area is 276 Å². The minimum atomic E-state index is -0.801. The second-order valence-corrected chi connectivity index (χ2v) is 11.9. The third-order valence-electron chi connectivity index (χ3n) is 7.04. The Hall–Kier alpha value is -4.34. The lowest BCUT2D eigenvalue weighted by molar-refractivity contribution is -0.384. The van der Waals surface area contributed by atoms with E-state index in [4.69, 9.17) is 35.4 Å². The molecule has 3 aromatic carbocycles. The first-order valence-corrected chi connectivity index (χ1v) is 15.3. The van der Waals surface area contributed by atoms with Crippen molar-refractivity contribution in [3.05, 3.63) is 122 Å². The summed E-state index contributed by atoms with van der Waals surface area (Å²) in [5.74, 6) is -0.804. The summed E-state index contributed by atoms with van der Waals surface area (Å²) in [7, 11) is 0. The van der Waals surface area contributed by atoms with Crippen LogP contribution in [0, 0.1) is 27.4 Å². The van der Waals surface area contributed by atoms with Gasteiger partial charge in [0.1, 0.15) is 0 Å². The predicted octanol–water partition coefficient (Wildman–Crippen LogP) is 7.12. The molecular weight excluding hydrogens is 633 g/mol. The number of imidazole rings is 1. The lowest BCUT2D eigenvalue weighted by atomic mass is 9.95. The number of nitro benzene ring substituents is 1. The van der Waals surface area contributed by atoms with Crippen LogP contribution < -0.4 is 10.7 Å². The summed E-state index contributed by atoms with van der Waals surface area (Å²) < 4.78 is 1.88. The van der Waals surface area contributed by atoms with E-state index in [1.807, 2.05) is 22.8 Å². The maximum absolute atomic E-state index is 14.6. The number of nitrogens with one attached hydrogen (secondary N) is 2. The number of non-ortho nitro benzene ring substituents is 1. The number of aromatic nitrogens is 2. The lowest BCUT2D eigenvalue weighted by Crippen LogP contribution is -2.51. The van der Waals surface area contributed by atoms with Gasteiger partial charge in [-0.2, -0.15) is 5.26 Å². The maximum Gasteiger partial charge on any atom is 0.269 e. The van der Waals surface area contributed by atoms with Crippen molar-refractivity contribution in [3.8, 4) is 6.07 Å². The van der Waals surface area contributed by atoms with Crippen molar-refractivity contribution in [2.75, 3.05) is 11.9 Å². The Kier molecular flexibility index (Phi) is 11.6. The average molecular weight is 665 g/mol. The van der Waals surface area contributed by atoms with E-state index in [9.17, 15) is 20.2 Å². The van der Waals surface area contributed by atoms with Gasteiger partial charge in [0.05, 0.1) is 44.5 Å². The standard InChI is InChI=1S/C32H31Cl2N7O3S/c1-21(2)14-15-37-40(32(45)38-25-10-12-26(13-11-25)41(43)44)31(42)27(16-24-4-3-5-28(33)30(24)34)29-18-36-20-39(29)19-23-8-6-22(17-35)7-9-23/h3-13,18,20-21,27,37H,14-16,19H2,1-2H3,(H,38,45). The highest BCUT2D eigenvalue weighted by Crippen LogP contribution is 2.32. The van der Waals surface area contributed by atoms with Crippen LogP contribution in [0.25, 0.3) is 0 Å². The van der Waals surface area contributed by atoms with Crippen molar-refractivity contribution in [2.24, 2.45) is 5.92 Å². The first-order valence-electron chi connectivity index (χ1n) is 14.1. The van der Waals surface area contributed by atoms with Gasteiger partial charge in [0.2, 0.25) is 0 Å². The molecule has 4 aromatic rings. The highest BCUT2D eigenvalue weighted by molar-refractivity contribution is 7.80. The van der Waals surface area contributed by atoms with Gasteiger partial charge < -0.3 is 9.88 Å². The van der Waals surface area contributed by atoms with E-state index >= 15 is 0 Å². The summed E-state index contributed by atoms with van der Waals surface area (Å²) in [6.07, 6.45) is 4.26. The quantitative estimate of drug-likeness (QED) is 0.0931. The normalized spacial score (nSPS) is 11.6. The fraction of sp³-hybridized carbons (Fsp3) is 0.250. The summed E-state index contributed by atoms with van der Waals surface area (Å²) >= 11 is 18.7. The van der Waals surface area contributed by atoms with Gasteiger partial charge in [-0.15, -0.1) is 0 Å². The molecule has 1 atom stereocenters. The van der Waals surface area contributed by atoms with Gasteiger partial charge in [-0.25, -0.2) is 15.4 Å². The Morgan fingerprint density at radius 3 is 2.49 bits per heavy atom. The number of hydrazine groups is 1. The molecule has 1 heterocycles. The van der Waals surface area contributed by atoms with Gasteiger partial charge in [-0.3, -0.25) is 14.9 Å². The minimum absolute atomic E-state index is 0.0663. The van der Waals surface area contributed by atoms with E-state index in [0.29, 0.717) is 51.6 Å². The zero-order valence-corrected chi connectivity index (χ0v) is 26.9. The molecule has 13 heteroatoms. The Bertz CT molecular complexity index is 1700. The molecule has 10 nitrogen and oxygen atoms in total. The molecule has 2 N–H and O–H groups in total. The Balaban J connectivity index is 1.71. The number of nitro groups is 1. The molecule has 0 bridgehead atoms. The monoisotopic (exact) mass is 663 g/mol. The van der Waals surface area contributed by atoms with Crippen molar-refractivity contribution in [1.29, 1.82) is 5.26 Å². The molecule has 0 spiro atoms. The van der Waals surface area contributed by atoms with Crippen molar-refractivity contribution in [1.82, 2.24) is 20.0 Å². The van der Waals surface area contributed by atoms with Gasteiger partial charge in [0.25, 0.3) is 11.6 Å². The number of carbonyl (C=O) groups excluding carboxylic acids is 1. The fourth-order valence-electron chi connectivity index (χ4n) is 4.60. The van der Waals surface area contributed by atoms with E-state index < -0.39 is 10.8 Å². The average Bonchev–Trinajstić information content (AvgIpc) is 3.47. The molecule has 45 heavy (non-hydrogen) atoms. The molecule has 1 aromatic heterocycles. The van der Waals surface area contributed by atoms with Crippen LogP contribution in [0.5, 0.6) is 0 Å². The number of nitriles is 1. The molecule has 4 rings (SSSR count). The van der Waals surface area contributed by atoms with Crippen LogP contribution in [-0.2, 0) is 17.8 Å². The zero-order valence-electron chi connectivity index (χ0n) is 24.6. The number of halogens is 2. The summed E-state index contributed by atoms with van der Waals surface area (Å²) in [5.41, 5.74) is 6.36. The third kappa shape index (κ3) is 8.86. The number of nitrogens with zero attached hydrogens (tertiary/aromatic N) is 5. The molecule has 0 aliphatic rings. The molecule has 1 amide bonds. The van der Waals surface area contributed by atoms with Gasteiger partial charge >= 0.3 is 0 Å². The van der Waals surface area contributed by atoms with E-state index in [1.54, 1.807) is 36.8 Å². The van der Waals surface area contributed by atoms with Gasteiger partial charge in [-0.05, 0) is 72.4 Å². The number of amides is 1. The maximum atomic E-state index is 14.6. The third-order valence-corrected chi connectivity index (χ3v) is 8.18. The van der Waals surface area contributed by atoms with E-state index in [1.165, 1.54) is 29.3 Å². The van der Waals surface area contributed by atoms with E-state index in [2.05, 4.69) is 35.6 Å². The van der Waals surface area contributed by atoms with Crippen LogP contribution in [-0.4, -0.2) is 37.0 Å². The lowest BCUT2D eigenvalue weighted by Gasteiger charge is -2.29. The molecule has 0 saturated heterocycles. The Morgan fingerprint density at radius 1 is 1.13 bits per heavy atom. The number of thiocarbonyl (C=S) groups is 1. The topological polar surface area (TPSA) is 129 Å². The first kappa shape index (κ1) is 33.6. The highest BCUT2D eigenvalue weighted by Gasteiger charge is 2.32. The van der Waals surface area contributed by atoms with Crippen LogP contribution in [0.4, 0.5) is 11.4 Å². The number of hydrogen-bond donors (Lipinski definition) is 2. The zero-order chi connectivity index (χ0) is 32.5. The van der Waals surface area contributed by atoms with Crippen molar-refractivity contribution in [2.45, 2.75) is 39.2 Å². The van der Waals surface area contributed by atoms with Crippen molar-refractivity contribution in [3.63, 3.8) is 0 Å². The van der Waals surface area contributed by atoms with Gasteiger partial charge in [0, 0.05) is 37.1 Å². The van der Waals surface area contributed by atoms with Crippen LogP contribution in [0.2, 0.25) is 10.0 Å². The largest absolute Gasteiger partial charge is 0.331 e. The SMILES string of the molecule is CC(C)CCNN(C(=O)C(Cc1cccc(Cl)c1Cl)c1cncn1Cc1ccc(C#N)cc1)C(=S)Nc1ccc([N+](=O)[O-])cc1. The molecule has 1 unspecified atom stereocenters. The summed E-state index contributed by atoms with van der Waals surface area (Å²) in [6, 6.07) is 20.4. The van der Waals surface area contributed by atoms with Crippen LogP contribution in [0.1, 0.15) is 48.6 Å². The van der Waals surface area contributed by atoms with Gasteiger partial charge in [-0.1, -0.05) is 61.3 Å². The van der Waals surface area contributed by atoms with Crippen LogP contribution in [0.3, 0.4) is 0 Å². The second-order valence-electron chi connectivity index (χ2n) is 10.7. The summed E-state index contributed by atoms with van der Waals surface area (Å²) in [5, 5.41) is 25.4. The van der Waals surface area contributed by atoms with E-state index in [-0.39, 0.29) is 23.1 Å². The van der Waals surface area contributed by atoms with Crippen molar-refractivity contribution < 1.29 is 9.72 Å². The number of benzene rings is 3. The molecular formula is C32H31Cl2N7O3S. The minimum Gasteiger partial charge on any atom is -0.331 e. The number of carbonyl (C=O) groups is 1. The van der Waals surface area contributed by atoms with Crippen LogP contribution in [0.15, 0.2) is 79.3 Å². The smallest absolute Gasteiger partial charge is 0.269 e. The second kappa shape index (κ2) is 15.6. The first-order chi connectivity index (χ1) is 21.6. The number of hydrogen-bond acceptors (Lipinski definition) is 7. The van der Waals surface area contributed by atoms with Gasteiger partial charge in [0.15, 0.2) is 5.11 Å².